The maximum atomic E-state index is 11.8. The molecule has 1 heterocycles. The first-order valence-electron chi connectivity index (χ1n) is 9.13. The summed E-state index contributed by atoms with van der Waals surface area (Å²) in [5.41, 5.74) is 3.91. The zero-order valence-corrected chi connectivity index (χ0v) is 17.3. The van der Waals surface area contributed by atoms with Gasteiger partial charge in [0.15, 0.2) is 0 Å². The van der Waals surface area contributed by atoms with E-state index in [1.54, 1.807) is 0 Å². The molecule has 4 aromatic rings. The van der Waals surface area contributed by atoms with Crippen LogP contribution >= 0.6 is 15.9 Å². The third-order valence-electron chi connectivity index (χ3n) is 4.45. The van der Waals surface area contributed by atoms with Gasteiger partial charge in [-0.15, -0.1) is 0 Å². The SMILES string of the molecule is Cc1ccc2c(COc3ccc(C=Nc4ccc(Br)cc4)cc3)cc(=O)oc2c1. The summed E-state index contributed by atoms with van der Waals surface area (Å²) in [4.78, 5) is 16.3. The van der Waals surface area contributed by atoms with Crippen molar-refractivity contribution >= 4 is 38.8 Å². The maximum Gasteiger partial charge on any atom is 0.336 e. The van der Waals surface area contributed by atoms with Gasteiger partial charge in [-0.1, -0.05) is 28.1 Å². The largest absolute Gasteiger partial charge is 0.489 e. The Labute approximate surface area is 176 Å². The Hall–Kier alpha value is -3.18. The molecule has 0 saturated heterocycles. The van der Waals surface area contributed by atoms with Crippen molar-refractivity contribution in [2.75, 3.05) is 0 Å². The normalized spacial score (nSPS) is 11.2. The van der Waals surface area contributed by atoms with E-state index in [4.69, 9.17) is 9.15 Å². The van der Waals surface area contributed by atoms with Crippen LogP contribution in [0.2, 0.25) is 0 Å². The summed E-state index contributed by atoms with van der Waals surface area (Å²) < 4.78 is 12.2. The Kier molecular flexibility index (Phi) is 5.58. The van der Waals surface area contributed by atoms with Gasteiger partial charge >= 0.3 is 5.63 Å². The number of rotatable bonds is 5. The Balaban J connectivity index is 1.46. The molecule has 0 saturated carbocycles. The predicted octanol–water partition coefficient (Wildman–Crippen LogP) is 6.19. The van der Waals surface area contributed by atoms with Crippen LogP contribution in [-0.2, 0) is 6.61 Å². The van der Waals surface area contributed by atoms with Gasteiger partial charge in [-0.25, -0.2) is 4.79 Å². The minimum atomic E-state index is -0.374. The quantitative estimate of drug-likeness (QED) is 0.270. The van der Waals surface area contributed by atoms with Gasteiger partial charge in [0.25, 0.3) is 0 Å². The molecule has 144 valence electrons. The molecule has 1 aromatic heterocycles. The number of ether oxygens (including phenoxy) is 1. The lowest BCUT2D eigenvalue weighted by atomic mass is 10.1. The zero-order valence-electron chi connectivity index (χ0n) is 15.8. The molecule has 0 spiro atoms. The van der Waals surface area contributed by atoms with Crippen molar-refractivity contribution in [3.63, 3.8) is 0 Å². The van der Waals surface area contributed by atoms with Crippen LogP contribution in [0.15, 0.2) is 91.5 Å². The van der Waals surface area contributed by atoms with E-state index in [0.717, 1.165) is 38.0 Å². The molecule has 0 aliphatic heterocycles. The van der Waals surface area contributed by atoms with Crippen LogP contribution in [0.5, 0.6) is 5.75 Å². The molecular formula is C24H18BrNO3. The van der Waals surface area contributed by atoms with Crippen LogP contribution in [-0.4, -0.2) is 6.21 Å². The average molecular weight is 448 g/mol. The van der Waals surface area contributed by atoms with E-state index < -0.39 is 0 Å². The van der Waals surface area contributed by atoms with Gasteiger partial charge in [-0.05, 0) is 72.6 Å². The van der Waals surface area contributed by atoms with Crippen LogP contribution in [0.3, 0.4) is 0 Å². The number of hydrogen-bond donors (Lipinski definition) is 0. The van der Waals surface area contributed by atoms with Gasteiger partial charge in [-0.3, -0.25) is 4.99 Å². The summed E-state index contributed by atoms with van der Waals surface area (Å²) in [5, 5.41) is 0.883. The number of hydrogen-bond acceptors (Lipinski definition) is 4. The summed E-state index contributed by atoms with van der Waals surface area (Å²) in [6, 6.07) is 22.8. The van der Waals surface area contributed by atoms with Crippen molar-refractivity contribution < 1.29 is 9.15 Å². The molecular weight excluding hydrogens is 430 g/mol. The molecule has 0 N–H and O–H groups in total. The van der Waals surface area contributed by atoms with E-state index in [9.17, 15) is 4.79 Å². The zero-order chi connectivity index (χ0) is 20.2. The van der Waals surface area contributed by atoms with Crippen molar-refractivity contribution in [1.29, 1.82) is 0 Å². The fourth-order valence-corrected chi connectivity index (χ4v) is 3.21. The second kappa shape index (κ2) is 8.45. The lowest BCUT2D eigenvalue weighted by Gasteiger charge is -2.09. The highest BCUT2D eigenvalue weighted by molar-refractivity contribution is 9.10. The lowest BCUT2D eigenvalue weighted by Crippen LogP contribution is -2.04. The van der Waals surface area contributed by atoms with Crippen LogP contribution in [0.4, 0.5) is 5.69 Å². The van der Waals surface area contributed by atoms with Gasteiger partial charge in [0.05, 0.1) is 5.69 Å². The Bertz CT molecular complexity index is 1230. The number of benzene rings is 3. The van der Waals surface area contributed by atoms with Crippen molar-refractivity contribution in [1.82, 2.24) is 0 Å². The summed E-state index contributed by atoms with van der Waals surface area (Å²) in [6.45, 7) is 2.25. The molecule has 4 rings (SSSR count). The van der Waals surface area contributed by atoms with Gasteiger partial charge in [0, 0.05) is 27.7 Å². The van der Waals surface area contributed by atoms with Gasteiger partial charge < -0.3 is 9.15 Å². The van der Waals surface area contributed by atoms with E-state index in [-0.39, 0.29) is 12.2 Å². The molecule has 5 heteroatoms. The molecule has 0 bridgehead atoms. The van der Waals surface area contributed by atoms with Gasteiger partial charge in [0.2, 0.25) is 0 Å². The monoisotopic (exact) mass is 447 g/mol. The molecule has 0 aliphatic rings. The summed E-state index contributed by atoms with van der Waals surface area (Å²) in [5.74, 6) is 0.722. The topological polar surface area (TPSA) is 51.8 Å². The average Bonchev–Trinajstić information content (AvgIpc) is 2.72. The third-order valence-corrected chi connectivity index (χ3v) is 4.98. The van der Waals surface area contributed by atoms with Crippen molar-refractivity contribution in [3.8, 4) is 5.75 Å². The standard InChI is InChI=1S/C24H18BrNO3/c1-16-2-11-22-18(13-24(27)29-23(22)12-16)15-28-21-9-3-17(4-10-21)14-26-20-7-5-19(25)6-8-20/h2-14H,15H2,1H3. The number of halogens is 1. The van der Waals surface area contributed by atoms with E-state index in [0.29, 0.717) is 5.58 Å². The Morgan fingerprint density at radius 1 is 1.00 bits per heavy atom. The summed E-state index contributed by atoms with van der Waals surface area (Å²) >= 11 is 3.41. The lowest BCUT2D eigenvalue weighted by molar-refractivity contribution is 0.306. The molecule has 4 nitrogen and oxygen atoms in total. The van der Waals surface area contributed by atoms with Crippen LogP contribution in [0.1, 0.15) is 16.7 Å². The fourth-order valence-electron chi connectivity index (χ4n) is 2.94. The highest BCUT2D eigenvalue weighted by Gasteiger charge is 2.07. The molecule has 0 radical (unpaired) electrons. The molecule has 29 heavy (non-hydrogen) atoms. The first kappa shape index (κ1) is 19.2. The second-order valence-corrected chi connectivity index (χ2v) is 7.60. The minimum absolute atomic E-state index is 0.289. The first-order chi connectivity index (χ1) is 14.1. The molecule has 0 aliphatic carbocycles. The predicted molar refractivity (Wildman–Crippen MR) is 119 cm³/mol. The number of aliphatic imine (C=N–C) groups is 1. The van der Waals surface area contributed by atoms with Crippen LogP contribution in [0.25, 0.3) is 11.0 Å². The van der Waals surface area contributed by atoms with E-state index >= 15 is 0 Å². The Morgan fingerprint density at radius 2 is 1.76 bits per heavy atom. The molecule has 0 amide bonds. The number of aryl methyl sites for hydroxylation is 1. The van der Waals surface area contributed by atoms with Crippen molar-refractivity contribution in [2.45, 2.75) is 13.5 Å². The second-order valence-electron chi connectivity index (χ2n) is 6.68. The van der Waals surface area contributed by atoms with Crippen molar-refractivity contribution in [2.24, 2.45) is 4.99 Å². The van der Waals surface area contributed by atoms with Gasteiger partial charge in [-0.2, -0.15) is 0 Å². The summed E-state index contributed by atoms with van der Waals surface area (Å²) in [6.07, 6.45) is 1.81. The molecule has 0 unspecified atom stereocenters. The van der Waals surface area contributed by atoms with Crippen LogP contribution in [0, 0.1) is 6.92 Å². The van der Waals surface area contributed by atoms with Gasteiger partial charge in [0.1, 0.15) is 17.9 Å². The van der Waals surface area contributed by atoms with E-state index in [1.165, 1.54) is 6.07 Å². The maximum absolute atomic E-state index is 11.8. The highest BCUT2D eigenvalue weighted by atomic mass is 79.9. The van der Waals surface area contributed by atoms with E-state index in [1.807, 2.05) is 79.9 Å². The van der Waals surface area contributed by atoms with Crippen molar-refractivity contribution in [3.05, 3.63) is 104 Å². The fraction of sp³-hybridized carbons (Fsp3) is 0.0833. The smallest absolute Gasteiger partial charge is 0.336 e. The Morgan fingerprint density at radius 3 is 2.52 bits per heavy atom. The summed E-state index contributed by atoms with van der Waals surface area (Å²) in [7, 11) is 0. The molecule has 0 fully saturated rings. The minimum Gasteiger partial charge on any atom is -0.489 e. The van der Waals surface area contributed by atoms with E-state index in [2.05, 4.69) is 20.9 Å². The third kappa shape index (κ3) is 4.81. The van der Waals surface area contributed by atoms with Crippen LogP contribution < -0.4 is 10.4 Å². The number of fused-ring (bicyclic) bond motifs is 1. The number of nitrogens with zero attached hydrogens (tertiary/aromatic N) is 1. The highest BCUT2D eigenvalue weighted by Crippen LogP contribution is 2.21. The first-order valence-corrected chi connectivity index (χ1v) is 9.92. The molecule has 3 aromatic carbocycles. The molecule has 0 atom stereocenters.